The van der Waals surface area contributed by atoms with Crippen LogP contribution in [0.25, 0.3) is 0 Å². The summed E-state index contributed by atoms with van der Waals surface area (Å²) in [6.07, 6.45) is 0. The zero-order valence-corrected chi connectivity index (χ0v) is 11.8. The lowest BCUT2D eigenvalue weighted by molar-refractivity contribution is -0.135. The first-order valence-corrected chi connectivity index (χ1v) is 6.81. The van der Waals surface area contributed by atoms with Crippen molar-refractivity contribution >= 4 is 11.8 Å². The molecule has 1 aliphatic rings. The lowest BCUT2D eigenvalue weighted by Crippen LogP contribution is -2.58. The molecule has 1 aromatic heterocycles. The highest BCUT2D eigenvalue weighted by Gasteiger charge is 2.27. The molecule has 0 radical (unpaired) electrons. The number of rotatable bonds is 4. The van der Waals surface area contributed by atoms with Gasteiger partial charge in [0.1, 0.15) is 6.04 Å². The first-order chi connectivity index (χ1) is 9.60. The highest BCUT2D eigenvalue weighted by molar-refractivity contribution is 5.86. The molecule has 2 rings (SSSR count). The molecule has 0 aromatic carbocycles. The molecule has 1 aromatic rings. The maximum Gasteiger partial charge on any atom is 0.241 e. The Labute approximate surface area is 118 Å². The summed E-state index contributed by atoms with van der Waals surface area (Å²) < 4.78 is 0. The third-order valence-corrected chi connectivity index (χ3v) is 3.30. The van der Waals surface area contributed by atoms with Crippen molar-refractivity contribution in [1.82, 2.24) is 20.5 Å². The molecule has 108 valence electrons. The van der Waals surface area contributed by atoms with Gasteiger partial charge in [-0.25, -0.2) is 0 Å². The first-order valence-electron chi connectivity index (χ1n) is 6.81. The van der Waals surface area contributed by atoms with Crippen molar-refractivity contribution in [3.8, 4) is 0 Å². The summed E-state index contributed by atoms with van der Waals surface area (Å²) in [4.78, 5) is 29.7. The summed E-state index contributed by atoms with van der Waals surface area (Å²) in [5.74, 6) is -0.0757. The molecule has 2 heterocycles. The van der Waals surface area contributed by atoms with E-state index in [2.05, 4.69) is 15.6 Å². The summed E-state index contributed by atoms with van der Waals surface area (Å²) in [5.41, 5.74) is 1.81. The Bertz CT molecular complexity index is 494. The third kappa shape index (κ3) is 3.54. The minimum atomic E-state index is -0.350. The van der Waals surface area contributed by atoms with Crippen molar-refractivity contribution in [2.45, 2.75) is 26.4 Å². The number of pyridine rings is 1. The highest BCUT2D eigenvalue weighted by atomic mass is 16.2. The number of hydrogen-bond donors (Lipinski definition) is 2. The van der Waals surface area contributed by atoms with E-state index < -0.39 is 0 Å². The molecular weight excluding hydrogens is 256 g/mol. The number of piperazine rings is 1. The topological polar surface area (TPSA) is 74.3 Å². The maximum atomic E-state index is 12.4. The van der Waals surface area contributed by atoms with Crippen LogP contribution in [-0.2, 0) is 16.1 Å². The average molecular weight is 276 g/mol. The molecule has 0 bridgehead atoms. The number of aryl methyl sites for hydroxylation is 1. The molecule has 2 amide bonds. The molecule has 0 saturated carbocycles. The summed E-state index contributed by atoms with van der Waals surface area (Å²) in [6.45, 7) is 5.50. The van der Waals surface area contributed by atoms with Gasteiger partial charge in [0, 0.05) is 18.8 Å². The van der Waals surface area contributed by atoms with Crippen LogP contribution in [-0.4, -0.2) is 47.4 Å². The van der Waals surface area contributed by atoms with Crippen LogP contribution in [0.4, 0.5) is 0 Å². The third-order valence-electron chi connectivity index (χ3n) is 3.30. The normalized spacial score (nSPS) is 18.5. The second-order valence-electron chi connectivity index (χ2n) is 4.86. The number of nitrogens with one attached hydrogen (secondary N) is 2. The zero-order chi connectivity index (χ0) is 14.5. The van der Waals surface area contributed by atoms with Crippen molar-refractivity contribution in [3.05, 3.63) is 29.6 Å². The number of carbonyl (C=O) groups is 2. The molecule has 1 aliphatic heterocycles. The van der Waals surface area contributed by atoms with Gasteiger partial charge in [0.05, 0.1) is 18.8 Å². The predicted octanol–water partition coefficient (Wildman–Crippen LogP) is -0.173. The zero-order valence-electron chi connectivity index (χ0n) is 11.8. The lowest BCUT2D eigenvalue weighted by atomic mass is 10.2. The van der Waals surface area contributed by atoms with Gasteiger partial charge in [0.2, 0.25) is 11.8 Å². The van der Waals surface area contributed by atoms with Crippen LogP contribution in [0.15, 0.2) is 18.2 Å². The van der Waals surface area contributed by atoms with Crippen molar-refractivity contribution in [2.24, 2.45) is 0 Å². The number of hydrogen-bond acceptors (Lipinski definition) is 4. The van der Waals surface area contributed by atoms with E-state index in [9.17, 15) is 9.59 Å². The quantitative estimate of drug-likeness (QED) is 0.800. The van der Waals surface area contributed by atoms with Gasteiger partial charge in [0.25, 0.3) is 0 Å². The number of nitrogens with zero attached hydrogens (tertiary/aromatic N) is 2. The van der Waals surface area contributed by atoms with Crippen LogP contribution in [0.1, 0.15) is 18.3 Å². The van der Waals surface area contributed by atoms with Gasteiger partial charge in [0.15, 0.2) is 0 Å². The molecular formula is C14H20N4O2. The van der Waals surface area contributed by atoms with E-state index in [1.165, 1.54) is 0 Å². The van der Waals surface area contributed by atoms with Crippen LogP contribution in [0.5, 0.6) is 0 Å². The maximum absolute atomic E-state index is 12.4. The monoisotopic (exact) mass is 276 g/mol. The van der Waals surface area contributed by atoms with Gasteiger partial charge in [-0.05, 0) is 26.0 Å². The Morgan fingerprint density at radius 2 is 2.30 bits per heavy atom. The van der Waals surface area contributed by atoms with Gasteiger partial charge < -0.3 is 10.2 Å². The molecule has 1 saturated heterocycles. The van der Waals surface area contributed by atoms with E-state index in [1.807, 2.05) is 32.0 Å². The van der Waals surface area contributed by atoms with E-state index >= 15 is 0 Å². The Hall–Kier alpha value is -1.95. The first kappa shape index (κ1) is 14.5. The summed E-state index contributed by atoms with van der Waals surface area (Å²) in [5, 5.41) is 5.66. The number of aromatic nitrogens is 1. The summed E-state index contributed by atoms with van der Waals surface area (Å²) in [6, 6.07) is 5.44. The second-order valence-corrected chi connectivity index (χ2v) is 4.86. The van der Waals surface area contributed by atoms with Crippen LogP contribution in [0, 0.1) is 6.92 Å². The van der Waals surface area contributed by atoms with Crippen LogP contribution in [0.2, 0.25) is 0 Å². The molecule has 2 N–H and O–H groups in total. The Morgan fingerprint density at radius 3 is 2.90 bits per heavy atom. The number of amides is 2. The van der Waals surface area contributed by atoms with Gasteiger partial charge in [-0.1, -0.05) is 6.07 Å². The Morgan fingerprint density at radius 1 is 1.50 bits per heavy atom. The van der Waals surface area contributed by atoms with Crippen LogP contribution in [0.3, 0.4) is 0 Å². The fraction of sp³-hybridized carbons (Fsp3) is 0.500. The summed E-state index contributed by atoms with van der Waals surface area (Å²) in [7, 11) is 0. The molecule has 1 fully saturated rings. The Balaban J connectivity index is 2.00. The Kier molecular flexibility index (Phi) is 4.68. The van der Waals surface area contributed by atoms with E-state index in [0.717, 1.165) is 11.4 Å². The largest absolute Gasteiger partial charge is 0.353 e. The predicted molar refractivity (Wildman–Crippen MR) is 74.9 cm³/mol. The minimum absolute atomic E-state index is 0.00388. The fourth-order valence-electron chi connectivity index (χ4n) is 2.19. The van der Waals surface area contributed by atoms with Crippen molar-refractivity contribution < 1.29 is 9.59 Å². The second kappa shape index (κ2) is 6.47. The average Bonchev–Trinajstić information content (AvgIpc) is 2.45. The van der Waals surface area contributed by atoms with Crippen molar-refractivity contribution in [3.63, 3.8) is 0 Å². The number of likely N-dealkylation sites (N-methyl/N-ethyl adjacent to an activating group) is 1. The number of carbonyl (C=O) groups excluding carboxylic acids is 2. The van der Waals surface area contributed by atoms with Crippen molar-refractivity contribution in [1.29, 1.82) is 0 Å². The molecule has 1 unspecified atom stereocenters. The fourth-order valence-corrected chi connectivity index (χ4v) is 2.19. The van der Waals surface area contributed by atoms with E-state index in [1.54, 1.807) is 4.90 Å². The SMILES string of the molecule is CCN(Cc1cccc(C)n1)C(=O)C1CNC(=O)CN1. The molecule has 6 heteroatoms. The van der Waals surface area contributed by atoms with E-state index in [-0.39, 0.29) is 24.4 Å². The molecule has 20 heavy (non-hydrogen) atoms. The van der Waals surface area contributed by atoms with Crippen LogP contribution >= 0.6 is 0 Å². The van der Waals surface area contributed by atoms with Gasteiger partial charge in [-0.2, -0.15) is 0 Å². The van der Waals surface area contributed by atoms with Crippen LogP contribution < -0.4 is 10.6 Å². The summed E-state index contributed by atoms with van der Waals surface area (Å²) >= 11 is 0. The molecule has 1 atom stereocenters. The van der Waals surface area contributed by atoms with E-state index in [4.69, 9.17) is 0 Å². The van der Waals surface area contributed by atoms with Gasteiger partial charge in [-0.15, -0.1) is 0 Å². The smallest absolute Gasteiger partial charge is 0.241 e. The highest BCUT2D eigenvalue weighted by Crippen LogP contribution is 2.06. The lowest BCUT2D eigenvalue weighted by Gasteiger charge is -2.29. The molecule has 6 nitrogen and oxygen atoms in total. The standard InChI is InChI=1S/C14H20N4O2/c1-3-18(9-11-6-4-5-10(2)17-11)14(20)12-7-16-13(19)8-15-12/h4-6,12,15H,3,7-9H2,1-2H3,(H,16,19). The molecule has 0 aliphatic carbocycles. The van der Waals surface area contributed by atoms with Gasteiger partial charge >= 0.3 is 0 Å². The van der Waals surface area contributed by atoms with E-state index in [0.29, 0.717) is 19.6 Å². The minimum Gasteiger partial charge on any atom is -0.353 e. The van der Waals surface area contributed by atoms with Gasteiger partial charge in [-0.3, -0.25) is 19.9 Å². The van der Waals surface area contributed by atoms with Crippen molar-refractivity contribution in [2.75, 3.05) is 19.6 Å². The molecule has 0 spiro atoms.